The minimum absolute atomic E-state index is 0.00963. The fraction of sp³-hybridized carbons (Fsp3) is 0.250. The van der Waals surface area contributed by atoms with Crippen molar-refractivity contribution in [2.45, 2.75) is 12.2 Å². The topological polar surface area (TPSA) is 17.1 Å². The van der Waals surface area contributed by atoms with Crippen LogP contribution in [0.1, 0.15) is 17.3 Å². The Morgan fingerprint density at radius 2 is 2.14 bits per heavy atom. The van der Waals surface area contributed by atoms with Gasteiger partial charge in [0.25, 0.3) is 0 Å². The first kappa shape index (κ1) is 11.1. The first-order chi connectivity index (χ1) is 6.75. The van der Waals surface area contributed by atoms with E-state index in [1.54, 1.807) is 11.8 Å². The molecule has 0 N–H and O–H groups in total. The van der Waals surface area contributed by atoms with E-state index in [2.05, 4.69) is 6.58 Å². The van der Waals surface area contributed by atoms with E-state index < -0.39 is 0 Å². The maximum absolute atomic E-state index is 11.8. The maximum atomic E-state index is 11.8. The highest BCUT2D eigenvalue weighted by Gasteiger charge is 2.13. The van der Waals surface area contributed by atoms with Gasteiger partial charge in [0.05, 0.1) is 5.25 Å². The molecule has 1 unspecified atom stereocenters. The van der Waals surface area contributed by atoms with E-state index in [0.29, 0.717) is 0 Å². The molecule has 0 spiro atoms. The third-order valence-electron chi connectivity index (χ3n) is 1.89. The van der Waals surface area contributed by atoms with Crippen LogP contribution in [-0.4, -0.2) is 16.8 Å². The number of carbonyl (C=O) groups is 1. The fourth-order valence-electron chi connectivity index (χ4n) is 1.13. The van der Waals surface area contributed by atoms with Gasteiger partial charge in [-0.2, -0.15) is 0 Å². The zero-order valence-corrected chi connectivity index (χ0v) is 9.09. The molecule has 0 saturated carbocycles. The molecule has 74 valence electrons. The van der Waals surface area contributed by atoms with Gasteiger partial charge in [-0.1, -0.05) is 36.4 Å². The average molecular weight is 206 g/mol. The van der Waals surface area contributed by atoms with E-state index in [1.165, 1.54) is 0 Å². The molecule has 0 radical (unpaired) electrons. The van der Waals surface area contributed by atoms with E-state index in [1.807, 2.05) is 43.3 Å². The van der Waals surface area contributed by atoms with Crippen molar-refractivity contribution in [1.29, 1.82) is 0 Å². The van der Waals surface area contributed by atoms with Crippen molar-refractivity contribution in [3.8, 4) is 0 Å². The highest BCUT2D eigenvalue weighted by atomic mass is 32.2. The van der Waals surface area contributed by atoms with Gasteiger partial charge < -0.3 is 0 Å². The molecule has 1 aromatic carbocycles. The predicted octanol–water partition coefficient (Wildman–Crippen LogP) is 3.18. The summed E-state index contributed by atoms with van der Waals surface area (Å²) in [4.78, 5) is 11.8. The Morgan fingerprint density at radius 3 is 2.71 bits per heavy atom. The van der Waals surface area contributed by atoms with Gasteiger partial charge in [0.1, 0.15) is 0 Å². The van der Waals surface area contributed by atoms with Crippen molar-refractivity contribution < 1.29 is 4.79 Å². The monoisotopic (exact) mass is 206 g/mol. The van der Waals surface area contributed by atoms with Crippen LogP contribution < -0.4 is 0 Å². The number of carbonyl (C=O) groups excluding carboxylic acids is 1. The molecule has 1 atom stereocenters. The lowest BCUT2D eigenvalue weighted by Crippen LogP contribution is -2.13. The van der Waals surface area contributed by atoms with Crippen molar-refractivity contribution in [3.05, 3.63) is 48.6 Å². The minimum Gasteiger partial charge on any atom is -0.293 e. The van der Waals surface area contributed by atoms with Crippen molar-refractivity contribution in [2.24, 2.45) is 0 Å². The summed E-state index contributed by atoms with van der Waals surface area (Å²) in [6, 6.07) is 9.40. The van der Waals surface area contributed by atoms with Crippen LogP contribution in [0.5, 0.6) is 0 Å². The van der Waals surface area contributed by atoms with Crippen LogP contribution in [0, 0.1) is 0 Å². The second kappa shape index (κ2) is 5.66. The van der Waals surface area contributed by atoms with Gasteiger partial charge in [0, 0.05) is 11.3 Å². The van der Waals surface area contributed by atoms with Crippen LogP contribution in [0.25, 0.3) is 0 Å². The van der Waals surface area contributed by atoms with Crippen LogP contribution >= 0.6 is 11.8 Å². The van der Waals surface area contributed by atoms with Crippen molar-refractivity contribution >= 4 is 17.5 Å². The van der Waals surface area contributed by atoms with E-state index >= 15 is 0 Å². The lowest BCUT2D eigenvalue weighted by Gasteiger charge is -2.08. The van der Waals surface area contributed by atoms with Gasteiger partial charge >= 0.3 is 0 Å². The minimum atomic E-state index is 0.00963. The summed E-state index contributed by atoms with van der Waals surface area (Å²) in [5.74, 6) is 1.01. The lowest BCUT2D eigenvalue weighted by molar-refractivity contribution is 0.0994. The first-order valence-electron chi connectivity index (χ1n) is 4.57. The predicted molar refractivity (Wildman–Crippen MR) is 62.9 cm³/mol. The van der Waals surface area contributed by atoms with Crippen LogP contribution in [0.2, 0.25) is 0 Å². The molecule has 0 bridgehead atoms. The molecule has 0 fully saturated rings. The SMILES string of the molecule is C=CCSC(C)C(=O)c1ccccc1. The summed E-state index contributed by atoms with van der Waals surface area (Å²) in [7, 11) is 0. The molecule has 1 nitrogen and oxygen atoms in total. The summed E-state index contributed by atoms with van der Waals surface area (Å²) in [5, 5.41) is 0.00963. The molecule has 2 heteroatoms. The summed E-state index contributed by atoms with van der Waals surface area (Å²) < 4.78 is 0. The van der Waals surface area contributed by atoms with Gasteiger partial charge in [-0.25, -0.2) is 0 Å². The Labute approximate surface area is 89.2 Å². The normalized spacial score (nSPS) is 12.1. The number of thioether (sulfide) groups is 1. The highest BCUT2D eigenvalue weighted by Crippen LogP contribution is 2.15. The molecule has 0 aliphatic rings. The number of benzene rings is 1. The molecule has 0 aliphatic heterocycles. The molecule has 0 heterocycles. The molecule has 14 heavy (non-hydrogen) atoms. The van der Waals surface area contributed by atoms with Crippen LogP contribution in [-0.2, 0) is 0 Å². The van der Waals surface area contributed by atoms with Crippen molar-refractivity contribution in [3.63, 3.8) is 0 Å². The third kappa shape index (κ3) is 3.04. The Kier molecular flexibility index (Phi) is 4.47. The number of hydrogen-bond donors (Lipinski definition) is 0. The molecular weight excluding hydrogens is 192 g/mol. The molecule has 0 saturated heterocycles. The van der Waals surface area contributed by atoms with Gasteiger partial charge in [-0.3, -0.25) is 4.79 Å². The molecule has 0 aliphatic carbocycles. The third-order valence-corrected chi connectivity index (χ3v) is 3.03. The molecule has 0 aromatic heterocycles. The fourth-order valence-corrected chi connectivity index (χ4v) is 1.84. The number of hydrogen-bond acceptors (Lipinski definition) is 2. The maximum Gasteiger partial charge on any atom is 0.175 e. The van der Waals surface area contributed by atoms with Crippen LogP contribution in [0.3, 0.4) is 0 Å². The molecule has 0 amide bonds. The Morgan fingerprint density at radius 1 is 1.50 bits per heavy atom. The first-order valence-corrected chi connectivity index (χ1v) is 5.62. The average Bonchev–Trinajstić information content (AvgIpc) is 2.26. The summed E-state index contributed by atoms with van der Waals surface area (Å²) in [6.45, 7) is 5.57. The van der Waals surface area contributed by atoms with Gasteiger partial charge in [-0.05, 0) is 6.92 Å². The number of Topliss-reactive ketones (excluding diaryl/α,β-unsaturated/α-hetero) is 1. The molecule has 1 aromatic rings. The number of rotatable bonds is 5. The Hall–Kier alpha value is -1.02. The zero-order valence-electron chi connectivity index (χ0n) is 8.27. The van der Waals surface area contributed by atoms with E-state index in [9.17, 15) is 4.79 Å². The second-order valence-electron chi connectivity index (χ2n) is 2.99. The lowest BCUT2D eigenvalue weighted by atomic mass is 10.1. The highest BCUT2D eigenvalue weighted by molar-refractivity contribution is 8.00. The Balaban J connectivity index is 2.61. The van der Waals surface area contributed by atoms with Crippen molar-refractivity contribution in [2.75, 3.05) is 5.75 Å². The van der Waals surface area contributed by atoms with Crippen LogP contribution in [0.15, 0.2) is 43.0 Å². The van der Waals surface area contributed by atoms with Gasteiger partial charge in [-0.15, -0.1) is 18.3 Å². The van der Waals surface area contributed by atoms with Crippen molar-refractivity contribution in [1.82, 2.24) is 0 Å². The molecule has 1 rings (SSSR count). The van der Waals surface area contributed by atoms with Crippen LogP contribution in [0.4, 0.5) is 0 Å². The standard InChI is InChI=1S/C12H14OS/c1-3-9-14-10(2)12(13)11-7-5-4-6-8-11/h3-8,10H,1,9H2,2H3. The molecular formula is C12H14OS. The van der Waals surface area contributed by atoms with E-state index in [4.69, 9.17) is 0 Å². The van der Waals surface area contributed by atoms with Gasteiger partial charge in [0.15, 0.2) is 5.78 Å². The smallest absolute Gasteiger partial charge is 0.175 e. The van der Waals surface area contributed by atoms with E-state index in [-0.39, 0.29) is 11.0 Å². The van der Waals surface area contributed by atoms with Gasteiger partial charge in [0.2, 0.25) is 0 Å². The van der Waals surface area contributed by atoms with E-state index in [0.717, 1.165) is 11.3 Å². The largest absolute Gasteiger partial charge is 0.293 e. The number of ketones is 1. The summed E-state index contributed by atoms with van der Waals surface area (Å²) in [5.41, 5.74) is 0.788. The Bertz CT molecular complexity index is 305. The quantitative estimate of drug-likeness (QED) is 0.543. The summed E-state index contributed by atoms with van der Waals surface area (Å²) in [6.07, 6.45) is 1.82. The summed E-state index contributed by atoms with van der Waals surface area (Å²) >= 11 is 1.61. The second-order valence-corrected chi connectivity index (χ2v) is 4.37. The zero-order chi connectivity index (χ0) is 10.4.